The lowest BCUT2D eigenvalue weighted by molar-refractivity contribution is -0.164. The van der Waals surface area contributed by atoms with Gasteiger partial charge in [0.15, 0.2) is 57.1 Å². The number of piperazine rings is 2. The van der Waals surface area contributed by atoms with E-state index in [1.165, 1.54) is 25.6 Å². The number of H-pyrrole nitrogens is 2. The Morgan fingerprint density at radius 2 is 1.02 bits per heavy atom. The highest BCUT2D eigenvalue weighted by Crippen LogP contribution is 2.66. The summed E-state index contributed by atoms with van der Waals surface area (Å²) < 4.78 is 61.1. The smallest absolute Gasteiger partial charge is 0.333 e. The summed E-state index contributed by atoms with van der Waals surface area (Å²) >= 11 is 3.07. The van der Waals surface area contributed by atoms with Crippen LogP contribution >= 0.6 is 23.5 Å². The van der Waals surface area contributed by atoms with Crippen molar-refractivity contribution < 1.29 is 81.9 Å². The highest BCUT2D eigenvalue weighted by Gasteiger charge is 2.63. The van der Waals surface area contributed by atoms with Gasteiger partial charge in [0.2, 0.25) is 13.6 Å². The normalized spacial score (nSPS) is 29.0. The lowest BCUT2D eigenvalue weighted by atomic mass is 9.72. The fourth-order valence-corrected chi connectivity index (χ4v) is 23.9. The molecule has 0 radical (unpaired) electrons. The molecule has 26 nitrogen and oxygen atoms in total. The average molecular weight is 1520 g/mol. The first-order valence-corrected chi connectivity index (χ1v) is 39.2. The minimum absolute atomic E-state index is 0.0364. The van der Waals surface area contributed by atoms with Crippen LogP contribution in [0.4, 0.5) is 0 Å². The third-order valence-corrected chi connectivity index (χ3v) is 27.8. The maximum absolute atomic E-state index is 14.8. The number of thioether (sulfide) groups is 2. The first kappa shape index (κ1) is 70.0. The zero-order valence-electron chi connectivity index (χ0n) is 61.7. The van der Waals surface area contributed by atoms with E-state index in [9.17, 15) is 39.8 Å². The largest absolute Gasteiger partial charge is 0.504 e. The molecule has 0 aliphatic carbocycles. The number of fused-ring (bicyclic) bond motifs is 22. The Morgan fingerprint density at radius 1 is 0.578 bits per heavy atom. The Bertz CT molecular complexity index is 5370. The predicted molar refractivity (Wildman–Crippen MR) is 400 cm³/mol. The van der Waals surface area contributed by atoms with Gasteiger partial charge in [0, 0.05) is 123 Å². The number of aromatic hydroxyl groups is 2. The second-order valence-electron chi connectivity index (χ2n) is 30.9. The summed E-state index contributed by atoms with van der Waals surface area (Å²) in [4.78, 5) is 66.8. The minimum atomic E-state index is -1.24. The molecule has 22 rings (SSSR count). The standard InChI is InChI=1S/C41H41N5O8S.C40H42N4O9S/c1-17-6-7-24-23(10-17)22-8-9-43-41(39(22)45-24)15-55-38-30-29(37-36(52-16-53-37)19(3)35(30)54-20(4)47)27(14-51-40(41)49)46-26(13-42)25-12-21-11-18(2)34(50-5)33(48)28(21)31(44-25)32(38)46;1-16-6-7-23-22(10-16)21-8-9-41-40(37(21)43-23)14-54-36-28-27(35-34(51-15-52-35)18(3)33(28)53-19(4)45)25(13-50-39(40)48)44-30(36)29-26-20(12-24(42-29)38(44)47)11-17(2)32(49-5)31(26)46/h6-7,10-11,25-27,31-32,38,43-45,48H,8-9,12,14-16H2,1-5H3;6-7,10-11,24-25,29-30,36,38,41-43,46-47H,8-9,12-15H2,1-5H3/t25-,26-,27-,31+,32?,38+,41+;24-,25-,29+,30?,36+,38-,40+/m00/s1. The third kappa shape index (κ3) is 10.0. The van der Waals surface area contributed by atoms with Gasteiger partial charge in [-0.1, -0.05) is 35.4 Å². The van der Waals surface area contributed by atoms with Crippen LogP contribution in [-0.2, 0) is 65.4 Å². The minimum Gasteiger partial charge on any atom is -0.504 e. The fraction of sp³-hybridized carbons (Fsp3) is 0.444. The number of hydrogen-bond donors (Lipinski definition) is 9. The lowest BCUT2D eigenvalue weighted by Crippen LogP contribution is -2.69. The molecular weight excluding hydrogens is 1440 g/mol. The summed E-state index contributed by atoms with van der Waals surface area (Å²) in [7, 11) is 3.09. The maximum atomic E-state index is 14.8. The van der Waals surface area contributed by atoms with Crippen molar-refractivity contribution in [2.45, 2.75) is 163 Å². The number of aliphatic hydroxyl groups excluding tert-OH is 1. The molecule has 109 heavy (non-hydrogen) atoms. The molecule has 14 aliphatic heterocycles. The Kier molecular flexibility index (Phi) is 16.4. The number of aromatic amines is 2. The van der Waals surface area contributed by atoms with E-state index in [2.05, 4.69) is 92.4 Å². The first-order valence-electron chi connectivity index (χ1n) is 37.1. The number of aliphatic hydroxyl groups is 1. The molecule has 9 N–H and O–H groups in total. The second-order valence-corrected chi connectivity index (χ2v) is 33.1. The molecule has 14 aliphatic rings. The van der Waals surface area contributed by atoms with Gasteiger partial charge in [-0.3, -0.25) is 30.0 Å². The number of carbonyl (C=O) groups is 4. The molecule has 0 amide bonds. The van der Waals surface area contributed by atoms with Crippen LogP contribution in [-0.4, -0.2) is 161 Å². The Balaban J connectivity index is 0.000000148. The SMILES string of the molecule is COc1c(C)cc2c(c1O)[C@H]1N[C@@H](C2)[C@H](C#N)N2C1[C@@H]1SC[C@]3(NCCc4c3[nH]c3ccc(C)cc43)C(=O)OC[C@H]2c2c3c(c(C)c(OC(C)=O)c21)OCO3.COc1c(C)cc2c(c1O)[C@H]1N[C@@H](C2)[C@H](O)N2C1[C@@H]1SC[C@]3(NCCc4c3[nH]c3ccc(C)cc43)C(=O)OC[C@H]2c2c3c(c(C)c(OC(C)=O)c21)OCO3. The predicted octanol–water partition coefficient (Wildman–Crippen LogP) is 8.87. The van der Waals surface area contributed by atoms with Crippen molar-refractivity contribution in [1.82, 2.24) is 41.0 Å². The monoisotopic (exact) mass is 1520 g/mol. The van der Waals surface area contributed by atoms with Crippen molar-refractivity contribution in [2.24, 2.45) is 0 Å². The molecule has 4 saturated heterocycles. The van der Waals surface area contributed by atoms with E-state index in [1.807, 2.05) is 44.7 Å². The summed E-state index contributed by atoms with van der Waals surface area (Å²) in [6.45, 7) is 15.2. The van der Waals surface area contributed by atoms with Crippen molar-refractivity contribution in [3.8, 4) is 63.6 Å². The third-order valence-electron chi connectivity index (χ3n) is 24.9. The van der Waals surface area contributed by atoms with Crippen molar-refractivity contribution >= 4 is 69.2 Å². The number of benzene rings is 6. The van der Waals surface area contributed by atoms with E-state index in [1.54, 1.807) is 26.0 Å². The Morgan fingerprint density at radius 3 is 1.48 bits per heavy atom. The van der Waals surface area contributed by atoms with E-state index in [0.717, 1.165) is 102 Å². The van der Waals surface area contributed by atoms with E-state index in [4.69, 9.17) is 47.4 Å². The van der Waals surface area contributed by atoms with Gasteiger partial charge in [-0.2, -0.15) is 5.26 Å². The number of phenolic OH excluding ortho intramolecular Hbond substituents is 2. The van der Waals surface area contributed by atoms with Crippen molar-refractivity contribution in [1.29, 1.82) is 5.26 Å². The van der Waals surface area contributed by atoms with Crippen LogP contribution < -0.4 is 59.2 Å². The zero-order chi connectivity index (χ0) is 75.4. The van der Waals surface area contributed by atoms with Gasteiger partial charge in [-0.15, -0.1) is 23.5 Å². The number of aryl methyl sites for hydroxylation is 4. The first-order chi connectivity index (χ1) is 52.6. The average Bonchev–Trinajstić information content (AvgIpc) is 1.18. The summed E-state index contributed by atoms with van der Waals surface area (Å²) in [5.74, 6) is 2.17. The molecule has 14 atom stereocenters. The number of nitrogens with one attached hydrogen (secondary N) is 6. The van der Waals surface area contributed by atoms with Crippen molar-refractivity contribution in [3.05, 3.63) is 149 Å². The summed E-state index contributed by atoms with van der Waals surface area (Å²) in [6.07, 6.45) is 1.39. The molecule has 28 heteroatoms. The van der Waals surface area contributed by atoms with Crippen LogP contribution in [0.1, 0.15) is 149 Å². The number of nitriles is 1. The summed E-state index contributed by atoms with van der Waals surface area (Å²) in [6, 6.07) is 14.4. The number of methoxy groups -OCH3 is 2. The van der Waals surface area contributed by atoms with Gasteiger partial charge in [-0.25, -0.2) is 9.59 Å². The molecule has 4 fully saturated rings. The number of hydrogen-bond acceptors (Lipinski definition) is 26. The highest BCUT2D eigenvalue weighted by molar-refractivity contribution is 7.99. The molecule has 2 unspecified atom stereocenters. The molecule has 6 aromatic carbocycles. The molecule has 16 heterocycles. The van der Waals surface area contributed by atoms with E-state index < -0.39 is 100 Å². The number of carbonyl (C=O) groups excluding carboxylic acids is 4. The number of aromatic nitrogens is 2. The van der Waals surface area contributed by atoms with E-state index >= 15 is 0 Å². The number of nitrogens with zero attached hydrogens (tertiary/aromatic N) is 3. The van der Waals surface area contributed by atoms with Gasteiger partial charge in [-0.05, 0) is 125 Å². The molecule has 566 valence electrons. The highest BCUT2D eigenvalue weighted by atomic mass is 32.2. The Labute approximate surface area is 635 Å². The van der Waals surface area contributed by atoms with Crippen LogP contribution in [0.2, 0.25) is 0 Å². The van der Waals surface area contributed by atoms with Gasteiger partial charge >= 0.3 is 23.9 Å². The van der Waals surface area contributed by atoms with Crippen LogP contribution in [0.3, 0.4) is 0 Å². The molecule has 8 aromatic rings. The van der Waals surface area contributed by atoms with Crippen molar-refractivity contribution in [3.63, 3.8) is 0 Å². The quantitative estimate of drug-likeness (QED) is 0.0586. The molecule has 0 saturated carbocycles. The van der Waals surface area contributed by atoms with Gasteiger partial charge in [0.05, 0.1) is 72.4 Å². The van der Waals surface area contributed by atoms with E-state index in [-0.39, 0.29) is 55.8 Å². The summed E-state index contributed by atoms with van der Waals surface area (Å²) in [5, 5.41) is 63.1. The Hall–Kier alpha value is -9.41. The second kappa shape index (κ2) is 25.6. The van der Waals surface area contributed by atoms with Crippen LogP contribution in [0.15, 0.2) is 48.5 Å². The number of rotatable bonds is 4. The molecule has 2 aromatic heterocycles. The van der Waals surface area contributed by atoms with E-state index in [0.29, 0.717) is 105 Å². The maximum Gasteiger partial charge on any atom is 0.333 e. The molecular formula is C81H83N9O17S2. The number of esters is 4. The van der Waals surface area contributed by atoms with Crippen LogP contribution in [0, 0.1) is 52.9 Å². The van der Waals surface area contributed by atoms with Gasteiger partial charge < -0.3 is 83.3 Å². The fourth-order valence-electron chi connectivity index (χ4n) is 20.5. The zero-order valence-corrected chi connectivity index (χ0v) is 63.4. The summed E-state index contributed by atoms with van der Waals surface area (Å²) in [5.41, 5.74) is 14.3. The number of phenols is 2. The van der Waals surface area contributed by atoms with Crippen LogP contribution in [0.5, 0.6) is 57.5 Å². The topological polar surface area (TPSA) is 331 Å². The molecule has 8 bridgehead atoms. The van der Waals surface area contributed by atoms with Crippen LogP contribution in [0.25, 0.3) is 21.8 Å². The lowest BCUT2D eigenvalue weighted by Gasteiger charge is -2.59. The van der Waals surface area contributed by atoms with Gasteiger partial charge in [0.1, 0.15) is 37.0 Å². The van der Waals surface area contributed by atoms with Crippen molar-refractivity contribution in [2.75, 3.05) is 65.6 Å². The van der Waals surface area contributed by atoms with Gasteiger partial charge in [0.25, 0.3) is 0 Å². The number of ether oxygens (including phenoxy) is 10. The molecule has 2 spiro atoms.